The van der Waals surface area contributed by atoms with Gasteiger partial charge in [0.25, 0.3) is 5.92 Å². The van der Waals surface area contributed by atoms with Crippen molar-refractivity contribution in [1.29, 1.82) is 0 Å². The van der Waals surface area contributed by atoms with Crippen LogP contribution in [0.15, 0.2) is 0 Å². The van der Waals surface area contributed by atoms with Gasteiger partial charge in [-0.3, -0.25) is 4.90 Å². The summed E-state index contributed by atoms with van der Waals surface area (Å²) in [6.07, 6.45) is 2.48. The van der Waals surface area contributed by atoms with Crippen LogP contribution in [0.25, 0.3) is 0 Å². The smallest absolute Gasteiger partial charge is 0.255 e. The number of alkyl halides is 2. The maximum Gasteiger partial charge on any atom is 0.255 e. The molecule has 2 atom stereocenters. The van der Waals surface area contributed by atoms with Gasteiger partial charge in [0.15, 0.2) is 0 Å². The lowest BCUT2D eigenvalue weighted by molar-refractivity contribution is 0.0644. The number of rotatable bonds is 1. The zero-order chi connectivity index (χ0) is 10.0. The Morgan fingerprint density at radius 2 is 2.00 bits per heavy atom. The van der Waals surface area contributed by atoms with E-state index in [4.69, 9.17) is 0 Å². The Morgan fingerprint density at radius 1 is 1.29 bits per heavy atom. The minimum atomic E-state index is -2.46. The van der Waals surface area contributed by atoms with E-state index in [2.05, 4.69) is 4.90 Å². The molecule has 0 bridgehead atoms. The predicted octanol–water partition coefficient (Wildman–Crippen LogP) is 1.24. The van der Waals surface area contributed by atoms with E-state index in [9.17, 15) is 13.9 Å². The fourth-order valence-electron chi connectivity index (χ4n) is 3.47. The molecule has 0 aromatic rings. The average molecular weight is 203 g/mol. The number of hydrogen-bond donors (Lipinski definition) is 1. The molecule has 4 heteroatoms. The van der Waals surface area contributed by atoms with Crippen LogP contribution < -0.4 is 0 Å². The quantitative estimate of drug-likeness (QED) is 0.693. The lowest BCUT2D eigenvalue weighted by atomic mass is 9.89. The SMILES string of the molecule is OC[C@@]12CCCN1C[C@]1(CC1(F)F)C2. The lowest BCUT2D eigenvalue weighted by Gasteiger charge is -2.29. The van der Waals surface area contributed by atoms with Gasteiger partial charge in [-0.1, -0.05) is 0 Å². The molecule has 3 aliphatic rings. The highest BCUT2D eigenvalue weighted by Crippen LogP contribution is 2.69. The number of nitrogens with zero attached hydrogens (tertiary/aromatic N) is 1. The number of halogens is 2. The molecule has 3 rings (SSSR count). The molecular formula is C10H15F2NO. The molecule has 2 heterocycles. The molecule has 14 heavy (non-hydrogen) atoms. The fourth-order valence-corrected chi connectivity index (χ4v) is 3.47. The molecule has 1 spiro atoms. The van der Waals surface area contributed by atoms with Gasteiger partial charge in [0.1, 0.15) is 0 Å². The normalized spacial score (nSPS) is 49.9. The zero-order valence-electron chi connectivity index (χ0n) is 8.10. The first-order valence-electron chi connectivity index (χ1n) is 5.28. The fraction of sp³-hybridized carbons (Fsp3) is 1.00. The van der Waals surface area contributed by atoms with E-state index >= 15 is 0 Å². The summed E-state index contributed by atoms with van der Waals surface area (Å²) < 4.78 is 26.4. The molecule has 0 unspecified atom stereocenters. The van der Waals surface area contributed by atoms with E-state index in [1.807, 2.05) is 0 Å². The standard InChI is InChI=1S/C10H15F2NO/c11-10(12)5-8(10)4-9(7-14)2-1-3-13(9)6-8/h14H,1-7H2/t8-,9+/m1/s1. The number of hydrogen-bond acceptors (Lipinski definition) is 2. The van der Waals surface area contributed by atoms with Crippen LogP contribution in [0.1, 0.15) is 25.7 Å². The van der Waals surface area contributed by atoms with Crippen LogP contribution in [-0.4, -0.2) is 41.2 Å². The first-order chi connectivity index (χ1) is 6.54. The largest absolute Gasteiger partial charge is 0.394 e. The molecule has 2 nitrogen and oxygen atoms in total. The molecule has 1 saturated carbocycles. The van der Waals surface area contributed by atoms with Crippen LogP contribution in [-0.2, 0) is 0 Å². The topological polar surface area (TPSA) is 23.5 Å². The summed E-state index contributed by atoms with van der Waals surface area (Å²) in [5.74, 6) is -2.46. The lowest BCUT2D eigenvalue weighted by Crippen LogP contribution is -2.41. The van der Waals surface area contributed by atoms with Gasteiger partial charge in [0, 0.05) is 18.5 Å². The second-order valence-electron chi connectivity index (χ2n) is 5.25. The van der Waals surface area contributed by atoms with E-state index in [-0.39, 0.29) is 18.6 Å². The zero-order valence-corrected chi connectivity index (χ0v) is 8.10. The second kappa shape index (κ2) is 2.30. The highest BCUT2D eigenvalue weighted by molar-refractivity contribution is 5.21. The van der Waals surface area contributed by atoms with Crippen molar-refractivity contribution in [3.63, 3.8) is 0 Å². The first-order valence-corrected chi connectivity index (χ1v) is 5.28. The van der Waals surface area contributed by atoms with Gasteiger partial charge in [0.2, 0.25) is 0 Å². The Morgan fingerprint density at radius 3 is 2.50 bits per heavy atom. The minimum Gasteiger partial charge on any atom is -0.394 e. The van der Waals surface area contributed by atoms with Crippen molar-refractivity contribution in [1.82, 2.24) is 4.90 Å². The van der Waals surface area contributed by atoms with E-state index in [0.717, 1.165) is 19.4 Å². The van der Waals surface area contributed by atoms with Crippen molar-refractivity contribution in [3.8, 4) is 0 Å². The highest BCUT2D eigenvalue weighted by atomic mass is 19.3. The third-order valence-electron chi connectivity index (χ3n) is 4.41. The van der Waals surface area contributed by atoms with Crippen LogP contribution in [0.5, 0.6) is 0 Å². The second-order valence-corrected chi connectivity index (χ2v) is 5.25. The van der Waals surface area contributed by atoms with Crippen LogP contribution in [0.3, 0.4) is 0 Å². The Labute approximate surface area is 81.9 Å². The molecule has 80 valence electrons. The van der Waals surface area contributed by atoms with Gasteiger partial charge < -0.3 is 5.11 Å². The average Bonchev–Trinajstić information content (AvgIpc) is 2.47. The van der Waals surface area contributed by atoms with Crippen LogP contribution in [0.2, 0.25) is 0 Å². The Bertz CT molecular complexity index is 283. The first kappa shape index (κ1) is 9.04. The summed E-state index contributed by atoms with van der Waals surface area (Å²) in [6, 6.07) is 0. The Balaban J connectivity index is 1.87. The van der Waals surface area contributed by atoms with Crippen LogP contribution in [0, 0.1) is 5.41 Å². The van der Waals surface area contributed by atoms with Crippen molar-refractivity contribution in [2.45, 2.75) is 37.1 Å². The Kier molecular flexibility index (Phi) is 1.48. The summed E-state index contributed by atoms with van der Waals surface area (Å²) in [7, 11) is 0. The molecule has 3 fully saturated rings. The summed E-state index contributed by atoms with van der Waals surface area (Å²) in [5, 5.41) is 9.37. The van der Waals surface area contributed by atoms with Gasteiger partial charge >= 0.3 is 0 Å². The van der Waals surface area contributed by atoms with Gasteiger partial charge in [0.05, 0.1) is 12.0 Å². The molecule has 2 saturated heterocycles. The van der Waals surface area contributed by atoms with Crippen LogP contribution >= 0.6 is 0 Å². The third kappa shape index (κ3) is 0.865. The summed E-state index contributed by atoms with van der Waals surface area (Å²) in [5.41, 5.74) is -1.06. The molecule has 1 aliphatic carbocycles. The van der Waals surface area contributed by atoms with Gasteiger partial charge in [-0.05, 0) is 25.8 Å². The van der Waals surface area contributed by atoms with Gasteiger partial charge in [-0.25, -0.2) is 8.78 Å². The van der Waals surface area contributed by atoms with Crippen molar-refractivity contribution >= 4 is 0 Å². The van der Waals surface area contributed by atoms with E-state index in [1.165, 1.54) is 0 Å². The predicted molar refractivity (Wildman–Crippen MR) is 47.2 cm³/mol. The maximum atomic E-state index is 13.2. The molecule has 1 N–H and O–H groups in total. The van der Waals surface area contributed by atoms with E-state index in [0.29, 0.717) is 13.0 Å². The minimum absolute atomic E-state index is 0.0399. The van der Waals surface area contributed by atoms with Gasteiger partial charge in [-0.2, -0.15) is 0 Å². The summed E-state index contributed by atoms with van der Waals surface area (Å²) >= 11 is 0. The van der Waals surface area contributed by atoms with Crippen molar-refractivity contribution in [2.24, 2.45) is 5.41 Å². The van der Waals surface area contributed by atoms with E-state index in [1.54, 1.807) is 0 Å². The van der Waals surface area contributed by atoms with Crippen LogP contribution in [0.4, 0.5) is 8.78 Å². The van der Waals surface area contributed by atoms with Gasteiger partial charge in [-0.15, -0.1) is 0 Å². The monoisotopic (exact) mass is 203 g/mol. The molecule has 0 radical (unpaired) electrons. The molecule has 2 aliphatic heterocycles. The Hall–Kier alpha value is -0.220. The third-order valence-corrected chi connectivity index (χ3v) is 4.41. The molecule has 0 aromatic heterocycles. The van der Waals surface area contributed by atoms with Crippen molar-refractivity contribution in [2.75, 3.05) is 19.7 Å². The number of aliphatic hydroxyl groups is 1. The van der Waals surface area contributed by atoms with Crippen molar-refractivity contribution < 1.29 is 13.9 Å². The number of fused-ring (bicyclic) bond motifs is 1. The maximum absolute atomic E-state index is 13.2. The summed E-state index contributed by atoms with van der Waals surface area (Å²) in [6.45, 7) is 1.43. The highest BCUT2D eigenvalue weighted by Gasteiger charge is 2.76. The van der Waals surface area contributed by atoms with E-state index < -0.39 is 11.3 Å². The number of aliphatic hydroxyl groups excluding tert-OH is 1. The van der Waals surface area contributed by atoms with Crippen molar-refractivity contribution in [3.05, 3.63) is 0 Å². The molecular weight excluding hydrogens is 188 g/mol. The molecule has 0 amide bonds. The summed E-state index contributed by atoms with van der Waals surface area (Å²) in [4.78, 5) is 2.09. The molecule has 0 aromatic carbocycles.